The van der Waals surface area contributed by atoms with Crippen molar-refractivity contribution in [3.8, 4) is 0 Å². The van der Waals surface area contributed by atoms with Crippen molar-refractivity contribution in [1.82, 2.24) is 0 Å². The number of aliphatic carboxylic acids is 1. The van der Waals surface area contributed by atoms with Crippen LogP contribution in [0.1, 0.15) is 106 Å². The minimum Gasteiger partial charge on any atom is -0.478 e. The van der Waals surface area contributed by atoms with Crippen LogP contribution in [0.3, 0.4) is 0 Å². The molecule has 5 fully saturated rings. The van der Waals surface area contributed by atoms with Gasteiger partial charge in [0.05, 0.1) is 12.2 Å². The van der Waals surface area contributed by atoms with Gasteiger partial charge in [-0.25, -0.2) is 4.79 Å². The first kappa shape index (κ1) is 24.8. The van der Waals surface area contributed by atoms with E-state index in [1.165, 1.54) is 51.4 Å². The first-order chi connectivity index (χ1) is 15.8. The minimum atomic E-state index is -0.898. The van der Waals surface area contributed by atoms with E-state index in [0.717, 1.165) is 12.3 Å². The van der Waals surface area contributed by atoms with Crippen LogP contribution in [-0.4, -0.2) is 33.5 Å². The third-order valence-corrected chi connectivity index (χ3v) is 13.4. The summed E-state index contributed by atoms with van der Waals surface area (Å²) in [6.45, 7) is 13.6. The van der Waals surface area contributed by atoms with Crippen LogP contribution >= 0.6 is 0 Å². The number of carbonyl (C=O) groups is 1. The number of hydrogen-bond donors (Lipinski definition) is 3. The Morgan fingerprint density at radius 2 is 1.59 bits per heavy atom. The molecule has 0 aromatic heterocycles. The van der Waals surface area contributed by atoms with Gasteiger partial charge in [0.1, 0.15) is 0 Å². The summed E-state index contributed by atoms with van der Waals surface area (Å²) < 4.78 is 0. The summed E-state index contributed by atoms with van der Waals surface area (Å²) in [5, 5.41) is 31.1. The van der Waals surface area contributed by atoms with Gasteiger partial charge in [0.25, 0.3) is 0 Å². The van der Waals surface area contributed by atoms with Gasteiger partial charge in [-0.05, 0) is 122 Å². The maximum atomic E-state index is 11.2. The van der Waals surface area contributed by atoms with Crippen LogP contribution in [0.15, 0.2) is 11.6 Å². The largest absolute Gasteiger partial charge is 0.478 e. The number of fused-ring (bicyclic) bond motifs is 2. The van der Waals surface area contributed by atoms with Gasteiger partial charge in [0.2, 0.25) is 0 Å². The molecule has 0 aliphatic heterocycles. The van der Waals surface area contributed by atoms with E-state index >= 15 is 0 Å². The Hall–Kier alpha value is -0.870. The van der Waals surface area contributed by atoms with E-state index in [0.29, 0.717) is 40.1 Å². The highest BCUT2D eigenvalue weighted by Crippen LogP contribution is 2.89. The number of carboxylic acids is 1. The summed E-state index contributed by atoms with van der Waals surface area (Å²) in [4.78, 5) is 11.2. The van der Waals surface area contributed by atoms with Crippen molar-refractivity contribution < 1.29 is 20.1 Å². The van der Waals surface area contributed by atoms with Crippen molar-refractivity contribution in [2.24, 2.45) is 50.7 Å². The van der Waals surface area contributed by atoms with Gasteiger partial charge in [0, 0.05) is 5.57 Å². The fourth-order valence-electron chi connectivity index (χ4n) is 11.1. The smallest absolute Gasteiger partial charge is 0.330 e. The van der Waals surface area contributed by atoms with Gasteiger partial charge in [-0.2, -0.15) is 0 Å². The number of aliphatic hydroxyl groups is 2. The lowest BCUT2D eigenvalue weighted by molar-refractivity contribution is -0.163. The first-order valence-electron chi connectivity index (χ1n) is 14.0. The van der Waals surface area contributed by atoms with Gasteiger partial charge in [0.15, 0.2) is 0 Å². The second kappa shape index (κ2) is 7.57. The third-order valence-electron chi connectivity index (χ3n) is 13.4. The molecule has 5 aliphatic rings. The van der Waals surface area contributed by atoms with Crippen LogP contribution in [-0.2, 0) is 4.79 Å². The summed E-state index contributed by atoms with van der Waals surface area (Å²) >= 11 is 0. The molecule has 2 spiro atoms. The summed E-state index contributed by atoms with van der Waals surface area (Å²) in [7, 11) is 0. The fraction of sp³-hybridized carbons (Fsp3) is 0.900. The lowest BCUT2D eigenvalue weighted by Crippen LogP contribution is -2.57. The Morgan fingerprint density at radius 3 is 2.26 bits per heavy atom. The molecule has 0 radical (unpaired) electrons. The fourth-order valence-corrected chi connectivity index (χ4v) is 11.1. The standard InChI is InChI=1S/C30H48O4/c1-18(25(33)34)7-8-21(31)19(2)20-11-13-28(6)23-10-9-22-26(3,4)24(32)12-14-29(22)17-30(23,29)16-15-27(20,28)5/h7,19-24,31-32H,8-17H2,1-6H3,(H,33,34)/b18-7+/t19-,20+,21+,22-,23-,24+,27+,28-,29+,30-/m0/s1. The zero-order valence-corrected chi connectivity index (χ0v) is 22.4. The summed E-state index contributed by atoms with van der Waals surface area (Å²) in [6.07, 6.45) is 12.7. The van der Waals surface area contributed by atoms with Crippen LogP contribution < -0.4 is 0 Å². The molecule has 0 saturated heterocycles. The molecule has 5 aliphatic carbocycles. The quantitative estimate of drug-likeness (QED) is 0.416. The lowest BCUT2D eigenvalue weighted by Gasteiger charge is -2.63. The van der Waals surface area contributed by atoms with E-state index in [-0.39, 0.29) is 22.9 Å². The topological polar surface area (TPSA) is 77.8 Å². The number of aliphatic hydroxyl groups excluding tert-OH is 2. The predicted molar refractivity (Wildman–Crippen MR) is 134 cm³/mol. The average molecular weight is 473 g/mol. The Labute approximate surface area is 206 Å². The molecule has 34 heavy (non-hydrogen) atoms. The Bertz CT molecular complexity index is 892. The number of rotatable bonds is 5. The Balaban J connectivity index is 1.39. The van der Waals surface area contributed by atoms with Crippen LogP contribution in [0.4, 0.5) is 0 Å². The van der Waals surface area contributed by atoms with E-state index in [4.69, 9.17) is 0 Å². The normalized spacial score (nSPS) is 50.9. The summed E-state index contributed by atoms with van der Waals surface area (Å²) in [5.74, 6) is 1.19. The Morgan fingerprint density at radius 1 is 0.941 bits per heavy atom. The first-order valence-corrected chi connectivity index (χ1v) is 14.0. The molecule has 0 aromatic carbocycles. The molecule has 10 atom stereocenters. The van der Waals surface area contributed by atoms with Crippen LogP contribution in [0, 0.1) is 50.7 Å². The number of hydrogen-bond acceptors (Lipinski definition) is 3. The van der Waals surface area contributed by atoms with Crippen molar-refractivity contribution >= 4 is 5.97 Å². The van der Waals surface area contributed by atoms with Crippen molar-refractivity contribution in [1.29, 1.82) is 0 Å². The van der Waals surface area contributed by atoms with Crippen molar-refractivity contribution in [3.05, 3.63) is 11.6 Å². The molecule has 4 heteroatoms. The predicted octanol–water partition coefficient (Wildman–Crippen LogP) is 6.20. The van der Waals surface area contributed by atoms with Crippen molar-refractivity contribution in [2.45, 2.75) is 118 Å². The highest BCUT2D eigenvalue weighted by Gasteiger charge is 2.82. The van der Waals surface area contributed by atoms with E-state index in [1.807, 2.05) is 0 Å². The third kappa shape index (κ3) is 2.93. The maximum Gasteiger partial charge on any atom is 0.330 e. The zero-order valence-electron chi connectivity index (χ0n) is 22.4. The Kier molecular flexibility index (Phi) is 5.52. The van der Waals surface area contributed by atoms with Gasteiger partial charge in [-0.1, -0.05) is 40.7 Å². The van der Waals surface area contributed by atoms with Crippen molar-refractivity contribution in [2.75, 3.05) is 0 Å². The highest BCUT2D eigenvalue weighted by molar-refractivity contribution is 5.85. The van der Waals surface area contributed by atoms with Crippen LogP contribution in [0.25, 0.3) is 0 Å². The molecule has 3 N–H and O–H groups in total. The molecule has 5 saturated carbocycles. The molecule has 0 aromatic rings. The van der Waals surface area contributed by atoms with Gasteiger partial charge in [-0.15, -0.1) is 0 Å². The number of carboxylic acid groups (broad SMARTS) is 1. The highest BCUT2D eigenvalue weighted by atomic mass is 16.4. The summed E-state index contributed by atoms with van der Waals surface area (Å²) in [5.41, 5.74) is 1.85. The van der Waals surface area contributed by atoms with Gasteiger partial charge in [-0.3, -0.25) is 0 Å². The average Bonchev–Trinajstić information content (AvgIpc) is 3.37. The molecule has 0 bridgehead atoms. The second-order valence-corrected chi connectivity index (χ2v) is 14.4. The second-order valence-electron chi connectivity index (χ2n) is 14.4. The minimum absolute atomic E-state index is 0.0345. The molecular weight excluding hydrogens is 424 g/mol. The van der Waals surface area contributed by atoms with Crippen LogP contribution in [0.5, 0.6) is 0 Å². The maximum absolute atomic E-state index is 11.2. The molecule has 0 amide bonds. The van der Waals surface area contributed by atoms with E-state index in [2.05, 4.69) is 34.6 Å². The van der Waals surface area contributed by atoms with Crippen LogP contribution in [0.2, 0.25) is 0 Å². The molecule has 0 unspecified atom stereocenters. The zero-order chi connectivity index (χ0) is 24.9. The van der Waals surface area contributed by atoms with E-state index in [9.17, 15) is 20.1 Å². The van der Waals surface area contributed by atoms with E-state index in [1.54, 1.807) is 13.0 Å². The molecular formula is C30H48O4. The lowest BCUT2D eigenvalue weighted by atomic mass is 9.41. The van der Waals surface area contributed by atoms with Gasteiger partial charge >= 0.3 is 5.97 Å². The van der Waals surface area contributed by atoms with E-state index < -0.39 is 12.1 Å². The SMILES string of the molecule is C/C(=C\C[C@@H](O)[C@@H](C)[C@H]1CC[C@@]2(C)[C@@H]3CC[C@H]4C(C)(C)[C@H](O)CC[C@@]45C[C@@]35CC[C@]12C)C(=O)O. The van der Waals surface area contributed by atoms with Gasteiger partial charge < -0.3 is 15.3 Å². The van der Waals surface area contributed by atoms with Crippen molar-refractivity contribution in [3.63, 3.8) is 0 Å². The molecule has 192 valence electrons. The molecule has 4 nitrogen and oxygen atoms in total. The molecule has 0 heterocycles. The molecule has 5 rings (SSSR count). The monoisotopic (exact) mass is 472 g/mol. The summed E-state index contributed by atoms with van der Waals surface area (Å²) in [6, 6.07) is 0.